The summed E-state index contributed by atoms with van der Waals surface area (Å²) in [6, 6.07) is 12.6. The summed E-state index contributed by atoms with van der Waals surface area (Å²) in [5.74, 6) is -1.96. The first-order chi connectivity index (χ1) is 15.3. The smallest absolute Gasteiger partial charge is 0.334 e. The van der Waals surface area contributed by atoms with E-state index in [-0.39, 0.29) is 18.0 Å². The van der Waals surface area contributed by atoms with Gasteiger partial charge in [-0.1, -0.05) is 56.7 Å². The molecule has 0 fully saturated rings. The fourth-order valence-electron chi connectivity index (χ4n) is 3.22. The van der Waals surface area contributed by atoms with E-state index in [0.717, 1.165) is 24.0 Å². The first kappa shape index (κ1) is 24.9. The summed E-state index contributed by atoms with van der Waals surface area (Å²) in [5, 5.41) is 27.6. The van der Waals surface area contributed by atoms with Gasteiger partial charge in [-0.15, -0.1) is 0 Å². The van der Waals surface area contributed by atoms with E-state index in [2.05, 4.69) is 16.0 Å². The van der Waals surface area contributed by atoms with E-state index in [1.165, 1.54) is 0 Å². The zero-order valence-corrected chi connectivity index (χ0v) is 18.4. The highest BCUT2D eigenvalue weighted by Gasteiger charge is 2.28. The van der Waals surface area contributed by atoms with Gasteiger partial charge < -0.3 is 26.2 Å². The first-order valence-electron chi connectivity index (χ1n) is 10.8. The van der Waals surface area contributed by atoms with Crippen molar-refractivity contribution in [2.45, 2.75) is 51.7 Å². The van der Waals surface area contributed by atoms with E-state index in [1.807, 2.05) is 19.9 Å². The molecule has 8 heteroatoms. The third-order valence-corrected chi connectivity index (χ3v) is 5.07. The van der Waals surface area contributed by atoms with Crippen molar-refractivity contribution in [3.05, 3.63) is 65.2 Å². The minimum Gasteiger partial charge on any atom is -0.479 e. The average molecular weight is 442 g/mol. The number of urea groups is 1. The molecule has 0 aliphatic heterocycles. The van der Waals surface area contributed by atoms with Crippen molar-refractivity contribution in [2.75, 3.05) is 11.9 Å². The normalized spacial score (nSPS) is 12.5. The average Bonchev–Trinajstić information content (AvgIpc) is 2.78. The van der Waals surface area contributed by atoms with E-state index >= 15 is 0 Å². The summed E-state index contributed by atoms with van der Waals surface area (Å²) in [4.78, 5) is 36.4. The number of aryl methyl sites for hydroxylation is 1. The molecule has 0 aliphatic carbocycles. The number of carboxylic acid groups (broad SMARTS) is 1. The number of rotatable bonds is 11. The minimum absolute atomic E-state index is 0.151. The van der Waals surface area contributed by atoms with Gasteiger partial charge in [0.1, 0.15) is 0 Å². The van der Waals surface area contributed by atoms with Crippen LogP contribution in [-0.2, 0) is 17.6 Å². The van der Waals surface area contributed by atoms with Gasteiger partial charge in [0.05, 0.1) is 6.04 Å². The van der Waals surface area contributed by atoms with Crippen molar-refractivity contribution < 1.29 is 24.6 Å². The van der Waals surface area contributed by atoms with Gasteiger partial charge in [0.2, 0.25) is 0 Å². The number of aliphatic hydroxyl groups is 1. The van der Waals surface area contributed by atoms with Crippen LogP contribution in [0.3, 0.4) is 0 Å². The molecule has 0 aliphatic rings. The molecule has 5 N–H and O–H groups in total. The molecule has 2 aromatic carbocycles. The largest absolute Gasteiger partial charge is 0.479 e. The molecular formula is C24H31N3O5. The highest BCUT2D eigenvalue weighted by atomic mass is 16.4. The molecule has 172 valence electrons. The van der Waals surface area contributed by atoms with Crippen LogP contribution in [0, 0.1) is 0 Å². The number of anilines is 1. The lowest BCUT2D eigenvalue weighted by atomic mass is 10.00. The van der Waals surface area contributed by atoms with Crippen molar-refractivity contribution in [2.24, 2.45) is 0 Å². The maximum Gasteiger partial charge on any atom is 0.334 e. The van der Waals surface area contributed by atoms with E-state index in [4.69, 9.17) is 0 Å². The number of unbranched alkanes of at least 4 members (excludes halogenated alkanes) is 1. The van der Waals surface area contributed by atoms with Crippen LogP contribution >= 0.6 is 0 Å². The molecule has 0 bridgehead atoms. The third kappa shape index (κ3) is 7.39. The Labute approximate surface area is 188 Å². The molecule has 8 nitrogen and oxygen atoms in total. The number of carbonyl (C=O) groups is 3. The van der Waals surface area contributed by atoms with Crippen LogP contribution in [0.4, 0.5) is 10.5 Å². The van der Waals surface area contributed by atoms with Gasteiger partial charge in [0.25, 0.3) is 5.91 Å². The Hall–Kier alpha value is -3.39. The van der Waals surface area contributed by atoms with Crippen LogP contribution in [0.1, 0.15) is 48.2 Å². The second-order valence-corrected chi connectivity index (χ2v) is 7.51. The topological polar surface area (TPSA) is 128 Å². The van der Waals surface area contributed by atoms with Crippen LogP contribution in [0.25, 0.3) is 0 Å². The number of hydrogen-bond donors (Lipinski definition) is 5. The van der Waals surface area contributed by atoms with Crippen LogP contribution in [0.15, 0.2) is 48.5 Å². The van der Waals surface area contributed by atoms with Crippen molar-refractivity contribution >= 4 is 23.6 Å². The zero-order chi connectivity index (χ0) is 23.5. The fraction of sp³-hybridized carbons (Fsp3) is 0.375. The maximum atomic E-state index is 12.9. The van der Waals surface area contributed by atoms with E-state index in [9.17, 15) is 24.6 Å². The highest BCUT2D eigenvalue weighted by molar-refractivity contribution is 5.98. The van der Waals surface area contributed by atoms with Gasteiger partial charge in [-0.2, -0.15) is 0 Å². The monoisotopic (exact) mass is 441 g/mol. The molecular weight excluding hydrogens is 410 g/mol. The second-order valence-electron chi connectivity index (χ2n) is 7.51. The van der Waals surface area contributed by atoms with Crippen molar-refractivity contribution in [3.8, 4) is 0 Å². The predicted octanol–water partition coefficient (Wildman–Crippen LogP) is 2.96. The Morgan fingerprint density at radius 3 is 2.38 bits per heavy atom. The number of carbonyl (C=O) groups excluding carboxylic acids is 2. The van der Waals surface area contributed by atoms with Crippen LogP contribution < -0.4 is 16.0 Å². The predicted molar refractivity (Wildman–Crippen MR) is 123 cm³/mol. The quantitative estimate of drug-likeness (QED) is 0.343. The number of hydrogen-bond acceptors (Lipinski definition) is 4. The molecule has 0 saturated heterocycles. The van der Waals surface area contributed by atoms with Crippen molar-refractivity contribution in [3.63, 3.8) is 0 Å². The number of nitrogens with one attached hydrogen (secondary N) is 3. The molecule has 0 heterocycles. The van der Waals surface area contributed by atoms with E-state index in [1.54, 1.807) is 42.5 Å². The van der Waals surface area contributed by atoms with E-state index < -0.39 is 24.0 Å². The lowest BCUT2D eigenvalue weighted by molar-refractivity contribution is -0.148. The highest BCUT2D eigenvalue weighted by Crippen LogP contribution is 2.19. The van der Waals surface area contributed by atoms with Crippen LogP contribution in [0.5, 0.6) is 0 Å². The molecule has 0 radical (unpaired) electrons. The Bertz CT molecular complexity index is 917. The molecule has 0 saturated carbocycles. The number of aliphatic carboxylic acids is 1. The minimum atomic E-state index is -1.77. The summed E-state index contributed by atoms with van der Waals surface area (Å²) in [7, 11) is 0. The fourth-order valence-corrected chi connectivity index (χ4v) is 3.22. The first-order valence-corrected chi connectivity index (χ1v) is 10.8. The SMILES string of the molecule is CCCCNC(=O)Nc1cc(C(=O)N[C@H](Cc2ccccc2)[C@@H](O)C(=O)O)ccc1CC. The van der Waals surface area contributed by atoms with Gasteiger partial charge in [-0.05, 0) is 42.5 Å². The maximum absolute atomic E-state index is 12.9. The molecule has 2 aromatic rings. The third-order valence-electron chi connectivity index (χ3n) is 5.07. The standard InChI is InChI=1S/C24H31N3O5/c1-3-5-13-25-24(32)27-19-15-18(12-11-17(19)4-2)22(29)26-20(21(28)23(30)31)14-16-9-7-6-8-10-16/h6-12,15,20-21,28H,3-5,13-14H2,1-2H3,(H,26,29)(H,30,31)(H2,25,27,32)/t20-,21-/m1/s1. The number of aliphatic hydroxyl groups excluding tert-OH is 1. The van der Waals surface area contributed by atoms with Crippen molar-refractivity contribution in [1.29, 1.82) is 0 Å². The van der Waals surface area contributed by atoms with Gasteiger partial charge in [-0.3, -0.25) is 4.79 Å². The summed E-state index contributed by atoms with van der Waals surface area (Å²) in [6.07, 6.45) is 0.864. The molecule has 2 rings (SSSR count). The molecule has 2 atom stereocenters. The number of carboxylic acids is 1. The Morgan fingerprint density at radius 2 is 1.75 bits per heavy atom. The Balaban J connectivity index is 2.18. The molecule has 3 amide bonds. The molecule has 0 spiro atoms. The van der Waals surface area contributed by atoms with Gasteiger partial charge >= 0.3 is 12.0 Å². The second kappa shape index (κ2) is 12.5. The summed E-state index contributed by atoms with van der Waals surface area (Å²) < 4.78 is 0. The Morgan fingerprint density at radius 1 is 1.03 bits per heavy atom. The Kier molecular flexibility index (Phi) is 9.69. The van der Waals surface area contributed by atoms with Crippen molar-refractivity contribution in [1.82, 2.24) is 10.6 Å². The summed E-state index contributed by atoms with van der Waals surface area (Å²) in [6.45, 7) is 4.52. The number of amides is 3. The lowest BCUT2D eigenvalue weighted by Gasteiger charge is -2.22. The zero-order valence-electron chi connectivity index (χ0n) is 18.4. The van der Waals surface area contributed by atoms with Gasteiger partial charge in [-0.25, -0.2) is 9.59 Å². The molecule has 0 aromatic heterocycles. The van der Waals surface area contributed by atoms with Gasteiger partial charge in [0.15, 0.2) is 6.10 Å². The van der Waals surface area contributed by atoms with E-state index in [0.29, 0.717) is 18.7 Å². The summed E-state index contributed by atoms with van der Waals surface area (Å²) >= 11 is 0. The van der Waals surface area contributed by atoms with Gasteiger partial charge in [0, 0.05) is 17.8 Å². The summed E-state index contributed by atoms with van der Waals surface area (Å²) in [5.41, 5.74) is 2.40. The van der Waals surface area contributed by atoms with Crippen LogP contribution in [-0.4, -0.2) is 46.8 Å². The molecule has 0 unspecified atom stereocenters. The number of benzene rings is 2. The molecule has 32 heavy (non-hydrogen) atoms. The lowest BCUT2D eigenvalue weighted by Crippen LogP contribution is -2.48. The van der Waals surface area contributed by atoms with Crippen LogP contribution in [0.2, 0.25) is 0 Å².